The fourth-order valence-electron chi connectivity index (χ4n) is 2.27. The predicted octanol–water partition coefficient (Wildman–Crippen LogP) is 3.66. The standard InChI is InChI=1S/C16H14Cl2N6/c1-8-21-7-9-6-10(13-11(17)4-3-5-12(13)18)15(23-14(9)22-8)24-16(19)20-2/h3-7H,1-2H3,(H3,19,20,21,22,23,24). The first-order valence-electron chi connectivity index (χ1n) is 7.07. The fraction of sp³-hybridized carbons (Fsp3) is 0.125. The Morgan fingerprint density at radius 3 is 2.58 bits per heavy atom. The summed E-state index contributed by atoms with van der Waals surface area (Å²) in [5.74, 6) is 1.32. The van der Waals surface area contributed by atoms with Gasteiger partial charge < -0.3 is 11.1 Å². The smallest absolute Gasteiger partial charge is 0.194 e. The zero-order chi connectivity index (χ0) is 17.3. The Kier molecular flexibility index (Phi) is 4.51. The highest BCUT2D eigenvalue weighted by Crippen LogP contribution is 2.39. The lowest BCUT2D eigenvalue weighted by Gasteiger charge is -2.14. The summed E-state index contributed by atoms with van der Waals surface area (Å²) in [5, 5.41) is 4.74. The van der Waals surface area contributed by atoms with Crippen molar-refractivity contribution in [2.75, 3.05) is 12.4 Å². The summed E-state index contributed by atoms with van der Waals surface area (Å²) in [6.45, 7) is 1.80. The van der Waals surface area contributed by atoms with E-state index in [4.69, 9.17) is 28.9 Å². The molecule has 0 atom stereocenters. The lowest BCUT2D eigenvalue weighted by Crippen LogP contribution is -2.23. The van der Waals surface area contributed by atoms with Gasteiger partial charge in [0.1, 0.15) is 11.6 Å². The molecule has 2 aromatic heterocycles. The molecule has 0 fully saturated rings. The van der Waals surface area contributed by atoms with Crippen LogP contribution >= 0.6 is 23.2 Å². The van der Waals surface area contributed by atoms with Gasteiger partial charge in [-0.3, -0.25) is 4.99 Å². The molecule has 24 heavy (non-hydrogen) atoms. The third-order valence-electron chi connectivity index (χ3n) is 3.41. The lowest BCUT2D eigenvalue weighted by molar-refractivity contribution is 1.07. The van der Waals surface area contributed by atoms with Gasteiger partial charge in [0, 0.05) is 29.8 Å². The number of aryl methyl sites for hydroxylation is 1. The molecular weight excluding hydrogens is 347 g/mol. The molecular formula is C16H14Cl2N6. The van der Waals surface area contributed by atoms with Crippen LogP contribution in [-0.4, -0.2) is 28.0 Å². The topological polar surface area (TPSA) is 89.1 Å². The van der Waals surface area contributed by atoms with Crippen LogP contribution in [0, 0.1) is 6.92 Å². The van der Waals surface area contributed by atoms with Crippen LogP contribution in [0.2, 0.25) is 10.0 Å². The van der Waals surface area contributed by atoms with Gasteiger partial charge in [0.05, 0.1) is 10.0 Å². The van der Waals surface area contributed by atoms with E-state index in [2.05, 4.69) is 25.3 Å². The Hall–Kier alpha value is -2.44. The second-order valence-corrected chi connectivity index (χ2v) is 5.86. The van der Waals surface area contributed by atoms with Crippen LogP contribution in [-0.2, 0) is 0 Å². The van der Waals surface area contributed by atoms with Crippen molar-refractivity contribution in [3.05, 3.63) is 46.3 Å². The van der Waals surface area contributed by atoms with Crippen molar-refractivity contribution >= 4 is 46.0 Å². The molecule has 0 aliphatic heterocycles. The number of rotatable bonds is 2. The van der Waals surface area contributed by atoms with Gasteiger partial charge in [-0.05, 0) is 25.1 Å². The molecule has 0 radical (unpaired) electrons. The number of nitrogens with two attached hydrogens (primary N) is 1. The average Bonchev–Trinajstić information content (AvgIpc) is 2.55. The summed E-state index contributed by atoms with van der Waals surface area (Å²) in [6.07, 6.45) is 1.71. The van der Waals surface area contributed by atoms with Crippen LogP contribution in [0.5, 0.6) is 0 Å². The number of hydrogen-bond donors (Lipinski definition) is 2. The minimum absolute atomic E-state index is 0.219. The number of fused-ring (bicyclic) bond motifs is 1. The Morgan fingerprint density at radius 2 is 1.92 bits per heavy atom. The van der Waals surface area contributed by atoms with Crippen LogP contribution < -0.4 is 11.1 Å². The second-order valence-electron chi connectivity index (χ2n) is 5.05. The number of pyridine rings is 1. The van der Waals surface area contributed by atoms with E-state index in [1.165, 1.54) is 0 Å². The monoisotopic (exact) mass is 360 g/mol. The van der Waals surface area contributed by atoms with Gasteiger partial charge in [0.2, 0.25) is 0 Å². The summed E-state index contributed by atoms with van der Waals surface area (Å²) in [4.78, 5) is 17.0. The molecule has 0 amide bonds. The lowest BCUT2D eigenvalue weighted by atomic mass is 10.0. The largest absolute Gasteiger partial charge is 0.370 e. The first-order valence-corrected chi connectivity index (χ1v) is 7.83. The number of guanidine groups is 1. The summed E-state index contributed by atoms with van der Waals surface area (Å²) in [6, 6.07) is 7.18. The number of anilines is 1. The van der Waals surface area contributed by atoms with Gasteiger partial charge >= 0.3 is 0 Å². The first-order chi connectivity index (χ1) is 11.5. The van der Waals surface area contributed by atoms with Crippen molar-refractivity contribution < 1.29 is 0 Å². The molecule has 0 saturated heterocycles. The first kappa shape index (κ1) is 16.4. The second kappa shape index (κ2) is 6.59. The maximum atomic E-state index is 6.35. The number of benzene rings is 1. The van der Waals surface area contributed by atoms with E-state index >= 15 is 0 Å². The van der Waals surface area contributed by atoms with Crippen LogP contribution in [0.1, 0.15) is 5.82 Å². The minimum atomic E-state index is 0.219. The van der Waals surface area contributed by atoms with Crippen LogP contribution in [0.25, 0.3) is 22.2 Å². The average molecular weight is 361 g/mol. The molecule has 1 aromatic carbocycles. The zero-order valence-corrected chi connectivity index (χ0v) is 14.5. The SMILES string of the molecule is CN=C(N)Nc1nc2nc(C)ncc2cc1-c1c(Cl)cccc1Cl. The van der Waals surface area contributed by atoms with E-state index in [9.17, 15) is 0 Å². The zero-order valence-electron chi connectivity index (χ0n) is 13.0. The molecule has 0 aliphatic rings. The number of hydrogen-bond acceptors (Lipinski definition) is 4. The molecule has 122 valence electrons. The van der Waals surface area contributed by atoms with E-state index < -0.39 is 0 Å². The van der Waals surface area contributed by atoms with Crippen molar-refractivity contribution in [2.45, 2.75) is 6.92 Å². The number of aromatic nitrogens is 3. The van der Waals surface area contributed by atoms with Gasteiger partial charge in [-0.2, -0.15) is 0 Å². The summed E-state index contributed by atoms with van der Waals surface area (Å²) in [7, 11) is 1.58. The Labute approximate surface area is 148 Å². The predicted molar refractivity (Wildman–Crippen MR) is 98.7 cm³/mol. The van der Waals surface area contributed by atoms with E-state index in [1.54, 1.807) is 38.4 Å². The Bertz CT molecular complexity index is 934. The molecule has 8 heteroatoms. The molecule has 0 saturated carbocycles. The summed E-state index contributed by atoms with van der Waals surface area (Å²) < 4.78 is 0. The number of halogens is 2. The third kappa shape index (κ3) is 3.11. The van der Waals surface area contributed by atoms with Gasteiger partial charge in [-0.1, -0.05) is 29.3 Å². The minimum Gasteiger partial charge on any atom is -0.370 e. The molecule has 3 N–H and O–H groups in total. The molecule has 0 bridgehead atoms. The normalized spacial score (nSPS) is 11.8. The van der Waals surface area contributed by atoms with Gasteiger partial charge in [0.25, 0.3) is 0 Å². The fourth-order valence-corrected chi connectivity index (χ4v) is 2.87. The highest BCUT2D eigenvalue weighted by Gasteiger charge is 2.16. The third-order valence-corrected chi connectivity index (χ3v) is 4.04. The van der Waals surface area contributed by atoms with Crippen LogP contribution in [0.15, 0.2) is 35.5 Å². The quantitative estimate of drug-likeness (QED) is 0.537. The Balaban J connectivity index is 2.31. The highest BCUT2D eigenvalue weighted by atomic mass is 35.5. The van der Waals surface area contributed by atoms with Gasteiger partial charge in [-0.25, -0.2) is 15.0 Å². The molecule has 0 spiro atoms. The van der Waals surface area contributed by atoms with E-state index in [0.717, 1.165) is 5.39 Å². The maximum Gasteiger partial charge on any atom is 0.194 e. The molecule has 3 aromatic rings. The Morgan fingerprint density at radius 1 is 1.21 bits per heavy atom. The van der Waals surface area contributed by atoms with Crippen molar-refractivity contribution in [3.63, 3.8) is 0 Å². The number of nitrogens with one attached hydrogen (secondary N) is 1. The number of nitrogens with zero attached hydrogens (tertiary/aromatic N) is 4. The van der Waals surface area contributed by atoms with Gasteiger partial charge in [-0.15, -0.1) is 0 Å². The van der Waals surface area contributed by atoms with Crippen LogP contribution in [0.3, 0.4) is 0 Å². The summed E-state index contributed by atoms with van der Waals surface area (Å²) in [5.41, 5.74) is 7.69. The van der Waals surface area contributed by atoms with Crippen molar-refractivity contribution in [2.24, 2.45) is 10.7 Å². The van der Waals surface area contributed by atoms with E-state index in [1.807, 2.05) is 6.07 Å². The maximum absolute atomic E-state index is 6.35. The highest BCUT2D eigenvalue weighted by molar-refractivity contribution is 6.39. The molecule has 0 aliphatic carbocycles. The molecule has 0 unspecified atom stereocenters. The van der Waals surface area contributed by atoms with E-state index in [-0.39, 0.29) is 5.96 Å². The van der Waals surface area contributed by atoms with Crippen molar-refractivity contribution in [1.29, 1.82) is 0 Å². The molecule has 2 heterocycles. The van der Waals surface area contributed by atoms with E-state index in [0.29, 0.717) is 38.5 Å². The van der Waals surface area contributed by atoms with Gasteiger partial charge in [0.15, 0.2) is 11.6 Å². The molecule has 3 rings (SSSR count). The van der Waals surface area contributed by atoms with Crippen molar-refractivity contribution in [1.82, 2.24) is 15.0 Å². The van der Waals surface area contributed by atoms with Crippen molar-refractivity contribution in [3.8, 4) is 11.1 Å². The molecule has 6 nitrogen and oxygen atoms in total. The number of aliphatic imine (C=N–C) groups is 1. The van der Waals surface area contributed by atoms with Crippen LogP contribution in [0.4, 0.5) is 5.82 Å². The summed E-state index contributed by atoms with van der Waals surface area (Å²) >= 11 is 12.7.